The molecule has 4 nitrogen and oxygen atoms in total. The van der Waals surface area contributed by atoms with E-state index < -0.39 is 3.23 Å². The Labute approximate surface area is 68.1 Å². The normalized spacial score (nSPS) is 23.3. The van der Waals surface area contributed by atoms with E-state index in [0.717, 1.165) is 0 Å². The molecule has 0 unspecified atom stereocenters. The fourth-order valence-corrected chi connectivity index (χ4v) is 0.722. The average Bonchev–Trinajstić information content (AvgIpc) is 1.96. The first-order valence-electron chi connectivity index (χ1n) is 2.07. The van der Waals surface area contributed by atoms with E-state index in [9.17, 15) is 4.79 Å². The smallest absolute Gasteiger partial charge is 0.275 e. The van der Waals surface area contributed by atoms with E-state index in [4.69, 9.17) is 5.73 Å². The Morgan fingerprint density at radius 1 is 1.67 bits per heavy atom. The van der Waals surface area contributed by atoms with Crippen molar-refractivity contribution in [1.29, 1.82) is 0 Å². The third kappa shape index (κ3) is 0.963. The molecule has 1 aliphatic rings. The highest BCUT2D eigenvalue weighted by Gasteiger charge is 2.41. The van der Waals surface area contributed by atoms with Crippen LogP contribution in [0.4, 0.5) is 0 Å². The number of alkyl halides is 2. The summed E-state index contributed by atoms with van der Waals surface area (Å²) in [4.78, 5) is 10.7. The first kappa shape index (κ1) is 7.01. The molecule has 6 heteroatoms. The van der Waals surface area contributed by atoms with Gasteiger partial charge in [-0.15, -0.1) is 0 Å². The van der Waals surface area contributed by atoms with Crippen molar-refractivity contribution in [2.24, 2.45) is 10.8 Å². The molecule has 9 heavy (non-hydrogen) atoms. The van der Waals surface area contributed by atoms with Crippen LogP contribution in [-0.2, 0) is 4.79 Å². The van der Waals surface area contributed by atoms with Crippen LogP contribution in [0.15, 0.2) is 5.10 Å². The van der Waals surface area contributed by atoms with Crippen LogP contribution in [0, 0.1) is 0 Å². The lowest BCUT2D eigenvalue weighted by molar-refractivity contribution is -0.119. The van der Waals surface area contributed by atoms with Gasteiger partial charge in [-0.05, 0) is 0 Å². The van der Waals surface area contributed by atoms with Crippen molar-refractivity contribution in [3.8, 4) is 0 Å². The number of carbonyl (C=O) groups excluding carboxylic acids is 1. The van der Waals surface area contributed by atoms with E-state index in [1.165, 1.54) is 0 Å². The van der Waals surface area contributed by atoms with Crippen molar-refractivity contribution in [2.75, 3.05) is 0 Å². The molecular weight excluding hydrogens is 254 g/mol. The van der Waals surface area contributed by atoms with Gasteiger partial charge in [-0.2, -0.15) is 5.10 Å². The third-order valence-electron chi connectivity index (χ3n) is 0.885. The maximum atomic E-state index is 10.7. The number of nitrogens with zero attached hydrogens (tertiary/aromatic N) is 1. The third-order valence-corrected chi connectivity index (χ3v) is 2.42. The number of hydrogen-bond acceptors (Lipinski definition) is 3. The Hall–Kier alpha value is -0.100. The predicted molar refractivity (Wildman–Crippen MR) is 40.4 cm³/mol. The molecule has 1 amide bonds. The number of hydrazone groups is 1. The average molecular weight is 257 g/mol. The second-order valence-corrected chi connectivity index (χ2v) is 4.96. The van der Waals surface area contributed by atoms with Gasteiger partial charge in [-0.3, -0.25) is 4.79 Å². The van der Waals surface area contributed by atoms with E-state index in [2.05, 4.69) is 42.4 Å². The first-order valence-corrected chi connectivity index (χ1v) is 3.65. The summed E-state index contributed by atoms with van der Waals surface area (Å²) in [6.07, 6.45) is 0. The van der Waals surface area contributed by atoms with E-state index in [-0.39, 0.29) is 11.7 Å². The molecule has 0 saturated carbocycles. The zero-order valence-corrected chi connectivity index (χ0v) is 7.36. The number of nitrogens with one attached hydrogen (secondary N) is 1. The van der Waals surface area contributed by atoms with Crippen LogP contribution in [0.3, 0.4) is 0 Å². The lowest BCUT2D eigenvalue weighted by atomic mass is 10.4. The minimum atomic E-state index is -0.986. The number of amidine groups is 1. The number of nitrogens with two attached hydrogens (primary N) is 1. The highest BCUT2D eigenvalue weighted by atomic mass is 79.9. The van der Waals surface area contributed by atoms with E-state index in [1.54, 1.807) is 0 Å². The van der Waals surface area contributed by atoms with Crippen LogP contribution in [0.2, 0.25) is 0 Å². The molecule has 0 aromatic carbocycles. The molecule has 50 valence electrons. The zero-order valence-electron chi connectivity index (χ0n) is 4.19. The van der Waals surface area contributed by atoms with Gasteiger partial charge in [0.2, 0.25) is 3.23 Å². The van der Waals surface area contributed by atoms with Gasteiger partial charge in [0.25, 0.3) is 5.91 Å². The number of amides is 1. The largest absolute Gasteiger partial charge is 0.383 e. The molecule has 0 radical (unpaired) electrons. The summed E-state index contributed by atoms with van der Waals surface area (Å²) >= 11 is 6.04. The van der Waals surface area contributed by atoms with Gasteiger partial charge in [0, 0.05) is 0 Å². The molecule has 0 bridgehead atoms. The molecule has 0 spiro atoms. The molecule has 0 saturated heterocycles. The first-order chi connectivity index (χ1) is 4.05. The fourth-order valence-electron chi connectivity index (χ4n) is 0.368. The zero-order chi connectivity index (χ0) is 7.07. The van der Waals surface area contributed by atoms with E-state index in [0.29, 0.717) is 0 Å². The molecule has 1 heterocycles. The molecule has 0 aromatic heterocycles. The van der Waals surface area contributed by atoms with Crippen molar-refractivity contribution in [3.05, 3.63) is 0 Å². The Kier molecular flexibility index (Phi) is 1.52. The topological polar surface area (TPSA) is 67.5 Å². The van der Waals surface area contributed by atoms with Crippen LogP contribution in [0.5, 0.6) is 0 Å². The number of rotatable bonds is 0. The number of hydrogen-bond donors (Lipinski definition) is 2. The summed E-state index contributed by atoms with van der Waals surface area (Å²) in [5.74, 6) is -0.118. The van der Waals surface area contributed by atoms with Gasteiger partial charge in [0.1, 0.15) is 0 Å². The second kappa shape index (κ2) is 1.95. The molecule has 1 rings (SSSR count). The maximum absolute atomic E-state index is 10.7. The summed E-state index contributed by atoms with van der Waals surface area (Å²) in [5.41, 5.74) is 7.47. The molecule has 3 N–H and O–H groups in total. The summed E-state index contributed by atoms with van der Waals surface area (Å²) in [6.45, 7) is 0. The predicted octanol–water partition coefficient (Wildman–Crippen LogP) is -0.125. The Morgan fingerprint density at radius 3 is 2.33 bits per heavy atom. The Bertz CT molecular complexity index is 187. The lowest BCUT2D eigenvalue weighted by Gasteiger charge is -2.06. The van der Waals surface area contributed by atoms with Crippen molar-refractivity contribution >= 4 is 43.6 Å². The number of halogens is 2. The van der Waals surface area contributed by atoms with Gasteiger partial charge in [0.15, 0.2) is 5.84 Å². The monoisotopic (exact) mass is 255 g/mol. The van der Waals surface area contributed by atoms with Gasteiger partial charge in [-0.1, -0.05) is 31.9 Å². The summed E-state index contributed by atoms with van der Waals surface area (Å²) in [5, 5.41) is 3.47. The van der Waals surface area contributed by atoms with Crippen molar-refractivity contribution in [1.82, 2.24) is 5.43 Å². The lowest BCUT2D eigenvalue weighted by Crippen LogP contribution is -2.37. The standard InChI is InChI=1S/C3H3Br2N3O/c4-3(5)1(6)7-8-2(3)9/h(H2,6,7)(H,8,9). The van der Waals surface area contributed by atoms with Crippen LogP contribution in [0.25, 0.3) is 0 Å². The van der Waals surface area contributed by atoms with Crippen molar-refractivity contribution in [2.45, 2.75) is 3.23 Å². The SMILES string of the molecule is NC1=NNC(=O)C1(Br)Br. The van der Waals surface area contributed by atoms with Crippen LogP contribution < -0.4 is 11.2 Å². The van der Waals surface area contributed by atoms with Crippen LogP contribution in [-0.4, -0.2) is 15.0 Å². The van der Waals surface area contributed by atoms with Crippen LogP contribution >= 0.6 is 31.9 Å². The molecular formula is C3H3Br2N3O. The van der Waals surface area contributed by atoms with Gasteiger partial charge in [-0.25, -0.2) is 5.43 Å². The highest BCUT2D eigenvalue weighted by Crippen LogP contribution is 2.28. The quantitative estimate of drug-likeness (QED) is 0.594. The van der Waals surface area contributed by atoms with Crippen LogP contribution in [0.1, 0.15) is 0 Å². The van der Waals surface area contributed by atoms with Crippen molar-refractivity contribution < 1.29 is 4.79 Å². The fraction of sp³-hybridized carbons (Fsp3) is 0.333. The Balaban J connectivity index is 2.93. The van der Waals surface area contributed by atoms with Crippen molar-refractivity contribution in [3.63, 3.8) is 0 Å². The Morgan fingerprint density at radius 2 is 2.22 bits per heavy atom. The van der Waals surface area contributed by atoms with Gasteiger partial charge in [0.05, 0.1) is 0 Å². The maximum Gasteiger partial charge on any atom is 0.275 e. The van der Waals surface area contributed by atoms with E-state index in [1.807, 2.05) is 0 Å². The summed E-state index contributed by atoms with van der Waals surface area (Å²) in [6, 6.07) is 0. The van der Waals surface area contributed by atoms with E-state index >= 15 is 0 Å². The molecule has 0 atom stereocenters. The summed E-state index contributed by atoms with van der Waals surface area (Å²) < 4.78 is -0.986. The molecule has 0 aromatic rings. The summed E-state index contributed by atoms with van der Waals surface area (Å²) in [7, 11) is 0. The minimum Gasteiger partial charge on any atom is -0.383 e. The minimum absolute atomic E-state index is 0.188. The van der Waals surface area contributed by atoms with Gasteiger partial charge < -0.3 is 5.73 Å². The van der Waals surface area contributed by atoms with Gasteiger partial charge >= 0.3 is 0 Å². The number of carbonyl (C=O) groups is 1. The molecule has 1 aliphatic heterocycles. The molecule has 0 aliphatic carbocycles. The molecule has 0 fully saturated rings. The highest BCUT2D eigenvalue weighted by molar-refractivity contribution is 9.26. The second-order valence-electron chi connectivity index (χ2n) is 1.51.